The number of rotatable bonds is 4. The van der Waals surface area contributed by atoms with Crippen molar-refractivity contribution in [1.82, 2.24) is 4.98 Å². The summed E-state index contributed by atoms with van der Waals surface area (Å²) in [5.41, 5.74) is 6.63. The molecule has 0 spiro atoms. The third-order valence-corrected chi connectivity index (χ3v) is 3.12. The average Bonchev–Trinajstić information content (AvgIpc) is 2.47. The first-order valence-corrected chi connectivity index (χ1v) is 5.19. The molecule has 0 aliphatic heterocycles. The third-order valence-electron chi connectivity index (χ3n) is 1.98. The van der Waals surface area contributed by atoms with Crippen LogP contribution in [0.5, 0.6) is 5.19 Å². The molecule has 0 aromatic carbocycles. The Hall–Kier alpha value is -0.610. The van der Waals surface area contributed by atoms with E-state index in [1.165, 1.54) is 4.88 Å². The molecule has 3 nitrogen and oxygen atoms in total. The molecule has 74 valence electrons. The van der Waals surface area contributed by atoms with Gasteiger partial charge in [0.05, 0.1) is 12.8 Å². The number of aryl methyl sites for hydroxylation is 1. The SMILES string of the molecule is COc1nc(C)c(CC(C)CN)s1. The fourth-order valence-electron chi connectivity index (χ4n) is 1.08. The molecular formula is C9H16N2OS. The molecule has 0 amide bonds. The van der Waals surface area contributed by atoms with Gasteiger partial charge in [-0.25, -0.2) is 4.98 Å². The zero-order valence-electron chi connectivity index (χ0n) is 8.33. The van der Waals surface area contributed by atoms with E-state index < -0.39 is 0 Å². The van der Waals surface area contributed by atoms with E-state index in [1.807, 2.05) is 6.92 Å². The quantitative estimate of drug-likeness (QED) is 0.803. The molecule has 0 saturated carbocycles. The van der Waals surface area contributed by atoms with Gasteiger partial charge in [0.15, 0.2) is 0 Å². The molecule has 0 saturated heterocycles. The molecule has 1 aromatic rings. The Bertz CT molecular complexity index is 273. The van der Waals surface area contributed by atoms with Gasteiger partial charge in [0.25, 0.3) is 5.19 Å². The molecule has 2 N–H and O–H groups in total. The summed E-state index contributed by atoms with van der Waals surface area (Å²) in [5, 5.41) is 0.747. The van der Waals surface area contributed by atoms with E-state index in [9.17, 15) is 0 Å². The van der Waals surface area contributed by atoms with E-state index >= 15 is 0 Å². The van der Waals surface area contributed by atoms with Crippen LogP contribution in [0.15, 0.2) is 0 Å². The minimum atomic E-state index is 0.517. The molecular weight excluding hydrogens is 184 g/mol. The molecule has 0 aliphatic carbocycles. The number of hydrogen-bond donors (Lipinski definition) is 1. The summed E-state index contributed by atoms with van der Waals surface area (Å²) in [7, 11) is 1.65. The zero-order chi connectivity index (χ0) is 9.84. The predicted molar refractivity (Wildman–Crippen MR) is 55.3 cm³/mol. The summed E-state index contributed by atoms with van der Waals surface area (Å²) >= 11 is 1.61. The maximum absolute atomic E-state index is 5.56. The first-order chi connectivity index (χ1) is 6.17. The fourth-order valence-corrected chi connectivity index (χ4v) is 2.12. The Morgan fingerprint density at radius 3 is 2.77 bits per heavy atom. The van der Waals surface area contributed by atoms with Gasteiger partial charge < -0.3 is 10.5 Å². The van der Waals surface area contributed by atoms with E-state index in [-0.39, 0.29) is 0 Å². The highest BCUT2D eigenvalue weighted by Crippen LogP contribution is 2.26. The summed E-state index contributed by atoms with van der Waals surface area (Å²) in [5.74, 6) is 0.517. The smallest absolute Gasteiger partial charge is 0.273 e. The second-order valence-corrected chi connectivity index (χ2v) is 4.28. The van der Waals surface area contributed by atoms with Crippen LogP contribution in [0, 0.1) is 12.8 Å². The summed E-state index contributed by atoms with van der Waals surface area (Å²) in [6, 6.07) is 0. The van der Waals surface area contributed by atoms with Crippen molar-refractivity contribution in [2.45, 2.75) is 20.3 Å². The molecule has 1 rings (SSSR count). The first-order valence-electron chi connectivity index (χ1n) is 4.37. The molecule has 1 atom stereocenters. The topological polar surface area (TPSA) is 48.1 Å². The molecule has 1 unspecified atom stereocenters. The van der Waals surface area contributed by atoms with Crippen LogP contribution in [0.2, 0.25) is 0 Å². The molecule has 1 heterocycles. The summed E-state index contributed by atoms with van der Waals surface area (Å²) in [4.78, 5) is 5.56. The van der Waals surface area contributed by atoms with Crippen LogP contribution < -0.4 is 10.5 Å². The molecule has 4 heteroatoms. The van der Waals surface area contributed by atoms with Crippen LogP contribution >= 0.6 is 11.3 Å². The number of ether oxygens (including phenoxy) is 1. The first kappa shape index (κ1) is 10.5. The van der Waals surface area contributed by atoms with E-state index in [2.05, 4.69) is 11.9 Å². The lowest BCUT2D eigenvalue weighted by atomic mass is 10.1. The number of nitrogens with zero attached hydrogens (tertiary/aromatic N) is 1. The fraction of sp³-hybridized carbons (Fsp3) is 0.667. The van der Waals surface area contributed by atoms with E-state index in [1.54, 1.807) is 18.4 Å². The highest BCUT2D eigenvalue weighted by molar-refractivity contribution is 7.13. The predicted octanol–water partition coefficient (Wildman–Crippen LogP) is 1.60. The second kappa shape index (κ2) is 4.58. The van der Waals surface area contributed by atoms with Crippen molar-refractivity contribution in [2.24, 2.45) is 11.7 Å². The molecule has 0 radical (unpaired) electrons. The van der Waals surface area contributed by atoms with Crippen molar-refractivity contribution >= 4 is 11.3 Å². The van der Waals surface area contributed by atoms with Crippen LogP contribution in [0.4, 0.5) is 0 Å². The van der Waals surface area contributed by atoms with Crippen molar-refractivity contribution in [3.63, 3.8) is 0 Å². The number of methoxy groups -OCH3 is 1. The molecule has 0 fully saturated rings. The largest absolute Gasteiger partial charge is 0.473 e. The van der Waals surface area contributed by atoms with E-state index in [0.29, 0.717) is 5.92 Å². The summed E-state index contributed by atoms with van der Waals surface area (Å²) < 4.78 is 5.07. The Morgan fingerprint density at radius 2 is 2.31 bits per heavy atom. The van der Waals surface area contributed by atoms with Gasteiger partial charge in [-0.2, -0.15) is 0 Å². The van der Waals surface area contributed by atoms with Crippen LogP contribution in [0.1, 0.15) is 17.5 Å². The van der Waals surface area contributed by atoms with E-state index in [0.717, 1.165) is 23.9 Å². The van der Waals surface area contributed by atoms with Gasteiger partial charge in [0.1, 0.15) is 0 Å². The van der Waals surface area contributed by atoms with Crippen molar-refractivity contribution in [3.8, 4) is 5.19 Å². The maximum atomic E-state index is 5.56. The highest BCUT2D eigenvalue weighted by Gasteiger charge is 2.10. The van der Waals surface area contributed by atoms with Crippen LogP contribution in [0.25, 0.3) is 0 Å². The van der Waals surface area contributed by atoms with Crippen molar-refractivity contribution in [3.05, 3.63) is 10.6 Å². The minimum Gasteiger partial charge on any atom is -0.473 e. The van der Waals surface area contributed by atoms with Gasteiger partial charge in [-0.15, -0.1) is 0 Å². The second-order valence-electron chi connectivity index (χ2n) is 3.24. The monoisotopic (exact) mass is 200 g/mol. The summed E-state index contributed by atoms with van der Waals surface area (Å²) in [6.45, 7) is 4.88. The highest BCUT2D eigenvalue weighted by atomic mass is 32.1. The van der Waals surface area contributed by atoms with Gasteiger partial charge in [-0.05, 0) is 25.8 Å². The van der Waals surface area contributed by atoms with Crippen LogP contribution in [-0.4, -0.2) is 18.6 Å². The lowest BCUT2D eigenvalue weighted by molar-refractivity contribution is 0.411. The van der Waals surface area contributed by atoms with Crippen molar-refractivity contribution < 1.29 is 4.74 Å². The van der Waals surface area contributed by atoms with Crippen molar-refractivity contribution in [1.29, 1.82) is 0 Å². The maximum Gasteiger partial charge on any atom is 0.273 e. The molecule has 0 aliphatic rings. The minimum absolute atomic E-state index is 0.517. The third kappa shape index (κ3) is 2.67. The lowest BCUT2D eigenvalue weighted by Gasteiger charge is -2.05. The average molecular weight is 200 g/mol. The Morgan fingerprint density at radius 1 is 1.62 bits per heavy atom. The Labute approximate surface area is 82.9 Å². The molecule has 1 aromatic heterocycles. The normalized spacial score (nSPS) is 12.9. The summed E-state index contributed by atoms with van der Waals surface area (Å²) in [6.07, 6.45) is 1.00. The number of thiazole rings is 1. The van der Waals surface area contributed by atoms with Gasteiger partial charge in [-0.3, -0.25) is 0 Å². The Balaban J connectivity index is 2.70. The van der Waals surface area contributed by atoms with E-state index in [4.69, 9.17) is 10.5 Å². The number of aromatic nitrogens is 1. The van der Waals surface area contributed by atoms with Crippen LogP contribution in [0.3, 0.4) is 0 Å². The van der Waals surface area contributed by atoms with Gasteiger partial charge in [0.2, 0.25) is 0 Å². The van der Waals surface area contributed by atoms with Gasteiger partial charge in [-0.1, -0.05) is 18.3 Å². The standard InChI is InChI=1S/C9H16N2OS/c1-6(5-10)4-8-7(2)11-9(12-3)13-8/h6H,4-5,10H2,1-3H3. The molecule has 0 bridgehead atoms. The molecule has 13 heavy (non-hydrogen) atoms. The Kier molecular flexibility index (Phi) is 3.69. The van der Waals surface area contributed by atoms with Crippen LogP contribution in [-0.2, 0) is 6.42 Å². The lowest BCUT2D eigenvalue weighted by Crippen LogP contribution is -2.12. The zero-order valence-corrected chi connectivity index (χ0v) is 9.15. The number of hydrogen-bond acceptors (Lipinski definition) is 4. The van der Waals surface area contributed by atoms with Gasteiger partial charge >= 0.3 is 0 Å². The van der Waals surface area contributed by atoms with Crippen molar-refractivity contribution in [2.75, 3.05) is 13.7 Å². The van der Waals surface area contributed by atoms with Gasteiger partial charge in [0, 0.05) is 4.88 Å². The number of nitrogens with two attached hydrogens (primary N) is 1.